The van der Waals surface area contributed by atoms with E-state index < -0.39 is 24.0 Å². The van der Waals surface area contributed by atoms with Crippen molar-refractivity contribution in [1.82, 2.24) is 14.8 Å². The fraction of sp³-hybridized carbons (Fsp3) is 0.241. The molecule has 0 bridgehead atoms. The molecular formula is C29H26N4O6. The van der Waals surface area contributed by atoms with Crippen LogP contribution in [0.2, 0.25) is 0 Å². The lowest BCUT2D eigenvalue weighted by molar-refractivity contribution is -0.140. The standard InChI is InChI=1S/C29H26N4O6/c1-16(39-29(30)37)28(36)32-12-9-18(10-13-32)33-15-21(19-6-2-3-8-22(19)33)24-23(26(34)31-27(24)35)20-7-4-5-17-11-14-38-25(17)20/h2-8,11,14-16,18H,9-10,12-13H2,1H3,(H2,30,37)(H,31,34,35). The third kappa shape index (κ3) is 4.14. The lowest BCUT2D eigenvalue weighted by Crippen LogP contribution is -2.45. The van der Waals surface area contributed by atoms with Crippen LogP contribution in [0.1, 0.15) is 36.9 Å². The Morgan fingerprint density at radius 2 is 1.72 bits per heavy atom. The minimum absolute atomic E-state index is 0.0535. The molecule has 10 nitrogen and oxygen atoms in total. The molecule has 6 rings (SSSR count). The monoisotopic (exact) mass is 526 g/mol. The van der Waals surface area contributed by atoms with Gasteiger partial charge in [0, 0.05) is 52.7 Å². The van der Waals surface area contributed by atoms with Gasteiger partial charge in [-0.05, 0) is 31.9 Å². The van der Waals surface area contributed by atoms with E-state index in [0.29, 0.717) is 48.2 Å². The van der Waals surface area contributed by atoms with Crippen molar-refractivity contribution >= 4 is 56.8 Å². The molecule has 4 aromatic rings. The number of primary amides is 1. The number of imide groups is 1. The number of amides is 4. The van der Waals surface area contributed by atoms with Gasteiger partial charge < -0.3 is 24.4 Å². The Morgan fingerprint density at radius 1 is 1.00 bits per heavy atom. The number of hydrogen-bond acceptors (Lipinski definition) is 6. The molecule has 4 amide bonds. The van der Waals surface area contributed by atoms with E-state index in [9.17, 15) is 19.2 Å². The number of ether oxygens (including phenoxy) is 1. The maximum absolute atomic E-state index is 13.2. The van der Waals surface area contributed by atoms with Crippen LogP contribution < -0.4 is 11.1 Å². The van der Waals surface area contributed by atoms with Gasteiger partial charge in [-0.15, -0.1) is 0 Å². The number of carbonyl (C=O) groups excluding carboxylic acids is 4. The van der Waals surface area contributed by atoms with E-state index in [4.69, 9.17) is 14.9 Å². The van der Waals surface area contributed by atoms with Gasteiger partial charge in [-0.1, -0.05) is 36.4 Å². The molecule has 39 heavy (non-hydrogen) atoms. The van der Waals surface area contributed by atoms with Gasteiger partial charge in [0.15, 0.2) is 6.10 Å². The number of carbonyl (C=O) groups is 4. The van der Waals surface area contributed by atoms with Gasteiger partial charge in [0.05, 0.1) is 17.4 Å². The number of aromatic nitrogens is 1. The number of piperidine rings is 1. The van der Waals surface area contributed by atoms with Crippen molar-refractivity contribution in [2.75, 3.05) is 13.1 Å². The average molecular weight is 527 g/mol. The van der Waals surface area contributed by atoms with Crippen LogP contribution in [-0.2, 0) is 19.1 Å². The van der Waals surface area contributed by atoms with Crippen molar-refractivity contribution in [3.8, 4) is 0 Å². The number of hydrogen-bond donors (Lipinski definition) is 2. The molecule has 0 radical (unpaired) electrons. The van der Waals surface area contributed by atoms with Gasteiger partial charge in [-0.25, -0.2) is 4.79 Å². The summed E-state index contributed by atoms with van der Waals surface area (Å²) in [4.78, 5) is 51.7. The summed E-state index contributed by atoms with van der Waals surface area (Å²) in [5, 5.41) is 4.16. The van der Waals surface area contributed by atoms with Crippen LogP contribution >= 0.6 is 0 Å². The van der Waals surface area contributed by atoms with E-state index in [0.717, 1.165) is 16.3 Å². The summed E-state index contributed by atoms with van der Waals surface area (Å²) >= 11 is 0. The molecule has 1 saturated heterocycles. The Balaban J connectivity index is 1.38. The number of nitrogens with two attached hydrogens (primary N) is 1. The molecule has 4 heterocycles. The summed E-state index contributed by atoms with van der Waals surface area (Å²) in [6.45, 7) is 2.46. The second kappa shape index (κ2) is 9.46. The predicted octanol–water partition coefficient (Wildman–Crippen LogP) is 3.60. The number of rotatable bonds is 5. The molecular weight excluding hydrogens is 500 g/mol. The van der Waals surface area contributed by atoms with Gasteiger partial charge in [0.25, 0.3) is 17.7 Å². The van der Waals surface area contributed by atoms with Crippen LogP contribution in [0.3, 0.4) is 0 Å². The van der Waals surface area contributed by atoms with Gasteiger partial charge >= 0.3 is 6.09 Å². The highest BCUT2D eigenvalue weighted by atomic mass is 16.6. The van der Waals surface area contributed by atoms with Crippen LogP contribution in [-0.4, -0.2) is 52.5 Å². The maximum atomic E-state index is 13.2. The van der Waals surface area contributed by atoms with Crippen LogP contribution in [0.5, 0.6) is 0 Å². The lowest BCUT2D eigenvalue weighted by atomic mass is 9.95. The third-order valence-corrected chi connectivity index (χ3v) is 7.50. The van der Waals surface area contributed by atoms with E-state index in [1.54, 1.807) is 17.2 Å². The topological polar surface area (TPSA) is 137 Å². The van der Waals surface area contributed by atoms with Gasteiger partial charge in [0.1, 0.15) is 5.58 Å². The van der Waals surface area contributed by atoms with Crippen molar-refractivity contribution in [3.63, 3.8) is 0 Å². The number of fused-ring (bicyclic) bond motifs is 2. The van der Waals surface area contributed by atoms with Crippen LogP contribution in [0, 0.1) is 0 Å². The summed E-state index contributed by atoms with van der Waals surface area (Å²) in [6, 6.07) is 15.1. The van der Waals surface area contributed by atoms with Crippen molar-refractivity contribution < 1.29 is 28.3 Å². The number of para-hydroxylation sites is 2. The number of nitrogens with zero attached hydrogens (tertiary/aromatic N) is 2. The maximum Gasteiger partial charge on any atom is 0.405 e. The molecule has 0 spiro atoms. The molecule has 0 aliphatic carbocycles. The Morgan fingerprint density at radius 3 is 2.46 bits per heavy atom. The summed E-state index contributed by atoms with van der Waals surface area (Å²) in [7, 11) is 0. The van der Waals surface area contributed by atoms with Crippen molar-refractivity contribution in [3.05, 3.63) is 72.1 Å². The minimum Gasteiger partial charge on any atom is -0.464 e. The first-order valence-electron chi connectivity index (χ1n) is 12.7. The molecule has 2 aromatic heterocycles. The lowest BCUT2D eigenvalue weighted by Gasteiger charge is -2.34. The van der Waals surface area contributed by atoms with Gasteiger partial charge in [-0.2, -0.15) is 0 Å². The van der Waals surface area contributed by atoms with E-state index in [-0.39, 0.29) is 17.5 Å². The predicted molar refractivity (Wildman–Crippen MR) is 143 cm³/mol. The molecule has 1 atom stereocenters. The Kier molecular flexibility index (Phi) is 5.94. The molecule has 2 aliphatic rings. The van der Waals surface area contributed by atoms with Gasteiger partial charge in [-0.3, -0.25) is 19.7 Å². The molecule has 198 valence electrons. The number of furan rings is 1. The SMILES string of the molecule is CC(OC(N)=O)C(=O)N1CCC(n2cc(C3=C(c4cccc5ccoc45)C(=O)NC3=O)c3ccccc32)CC1. The molecule has 2 aliphatic heterocycles. The zero-order valence-corrected chi connectivity index (χ0v) is 21.2. The zero-order chi connectivity index (χ0) is 27.3. The number of likely N-dealkylation sites (tertiary alicyclic amines) is 1. The highest BCUT2D eigenvalue weighted by Crippen LogP contribution is 2.40. The molecule has 0 saturated carbocycles. The van der Waals surface area contributed by atoms with Crippen LogP contribution in [0.4, 0.5) is 4.79 Å². The number of nitrogens with one attached hydrogen (secondary N) is 1. The molecule has 1 unspecified atom stereocenters. The third-order valence-electron chi connectivity index (χ3n) is 7.50. The molecule has 3 N–H and O–H groups in total. The van der Waals surface area contributed by atoms with E-state index >= 15 is 0 Å². The fourth-order valence-electron chi connectivity index (χ4n) is 5.71. The van der Waals surface area contributed by atoms with Crippen molar-refractivity contribution in [2.45, 2.75) is 31.9 Å². The first kappa shape index (κ1) is 24.5. The van der Waals surface area contributed by atoms with Crippen LogP contribution in [0.25, 0.3) is 33.0 Å². The highest BCUT2D eigenvalue weighted by Gasteiger charge is 2.36. The summed E-state index contributed by atoms with van der Waals surface area (Å²) < 4.78 is 12.7. The molecule has 2 aromatic carbocycles. The van der Waals surface area contributed by atoms with Gasteiger partial charge in [0.2, 0.25) is 0 Å². The largest absolute Gasteiger partial charge is 0.464 e. The van der Waals surface area contributed by atoms with E-state index in [1.165, 1.54) is 6.92 Å². The summed E-state index contributed by atoms with van der Waals surface area (Å²) in [5.74, 6) is -1.20. The average Bonchev–Trinajstić information content (AvgIpc) is 3.63. The Hall–Kier alpha value is -4.86. The second-order valence-electron chi connectivity index (χ2n) is 9.78. The summed E-state index contributed by atoms with van der Waals surface area (Å²) in [5.41, 5.74) is 8.35. The Labute approximate surface area is 223 Å². The minimum atomic E-state index is -0.983. The zero-order valence-electron chi connectivity index (χ0n) is 21.2. The second-order valence-corrected chi connectivity index (χ2v) is 9.78. The quantitative estimate of drug-likeness (QED) is 0.381. The fourth-order valence-corrected chi connectivity index (χ4v) is 5.71. The molecule has 10 heteroatoms. The van der Waals surface area contributed by atoms with Crippen molar-refractivity contribution in [1.29, 1.82) is 0 Å². The summed E-state index contributed by atoms with van der Waals surface area (Å²) in [6.07, 6.45) is 2.89. The van der Waals surface area contributed by atoms with Crippen LogP contribution in [0.15, 0.2) is 65.4 Å². The molecule has 1 fully saturated rings. The normalized spacial score (nSPS) is 17.2. The first-order chi connectivity index (χ1) is 18.8. The van der Waals surface area contributed by atoms with E-state index in [1.807, 2.05) is 48.7 Å². The first-order valence-corrected chi connectivity index (χ1v) is 12.7. The van der Waals surface area contributed by atoms with E-state index in [2.05, 4.69) is 9.88 Å². The van der Waals surface area contributed by atoms with Crippen molar-refractivity contribution in [2.24, 2.45) is 5.73 Å². The highest BCUT2D eigenvalue weighted by molar-refractivity contribution is 6.50. The smallest absolute Gasteiger partial charge is 0.405 e. The number of benzene rings is 2. The Bertz CT molecular complexity index is 1690.